The number of amides is 1. The molecule has 3 aromatic rings. The van der Waals surface area contributed by atoms with Crippen molar-refractivity contribution in [2.75, 3.05) is 18.6 Å². The SMILES string of the molecule is COc1ccc(-c2noc(CC(=O)N3CCCc4ccc([N+](=O)[O-])cc43)n2)cc1. The molecular formula is C20H18N4O5. The van der Waals surface area contributed by atoms with Crippen LogP contribution in [0, 0.1) is 10.1 Å². The Morgan fingerprint density at radius 1 is 1.28 bits per heavy atom. The Kier molecular flexibility index (Phi) is 4.94. The second kappa shape index (κ2) is 7.70. The number of nitro groups is 1. The fourth-order valence-electron chi connectivity index (χ4n) is 3.34. The summed E-state index contributed by atoms with van der Waals surface area (Å²) in [5.41, 5.74) is 2.19. The van der Waals surface area contributed by atoms with Crippen LogP contribution in [0.4, 0.5) is 11.4 Å². The first kappa shape index (κ1) is 18.6. The van der Waals surface area contributed by atoms with Crippen LogP contribution in [-0.4, -0.2) is 34.6 Å². The number of nitro benzene ring substituents is 1. The van der Waals surface area contributed by atoms with Gasteiger partial charge in [-0.05, 0) is 42.7 Å². The topological polar surface area (TPSA) is 112 Å². The van der Waals surface area contributed by atoms with Gasteiger partial charge in [-0.1, -0.05) is 11.2 Å². The van der Waals surface area contributed by atoms with Gasteiger partial charge in [0.15, 0.2) is 0 Å². The molecule has 1 aromatic heterocycles. The van der Waals surface area contributed by atoms with Crippen molar-refractivity contribution in [1.82, 2.24) is 10.1 Å². The lowest BCUT2D eigenvalue weighted by Gasteiger charge is -2.28. The van der Waals surface area contributed by atoms with Crippen LogP contribution in [0.3, 0.4) is 0 Å². The first-order valence-corrected chi connectivity index (χ1v) is 9.10. The highest BCUT2D eigenvalue weighted by atomic mass is 16.6. The predicted molar refractivity (Wildman–Crippen MR) is 104 cm³/mol. The van der Waals surface area contributed by atoms with E-state index in [0.717, 1.165) is 24.0 Å². The van der Waals surface area contributed by atoms with Crippen molar-refractivity contribution >= 4 is 17.3 Å². The lowest BCUT2D eigenvalue weighted by atomic mass is 10.0. The number of carbonyl (C=O) groups is 1. The normalized spacial score (nSPS) is 13.1. The second-order valence-corrected chi connectivity index (χ2v) is 6.64. The number of hydrogen-bond acceptors (Lipinski definition) is 7. The van der Waals surface area contributed by atoms with E-state index < -0.39 is 4.92 Å². The molecule has 0 spiro atoms. The summed E-state index contributed by atoms with van der Waals surface area (Å²) in [6.07, 6.45) is 1.49. The molecule has 0 aliphatic carbocycles. The lowest BCUT2D eigenvalue weighted by molar-refractivity contribution is -0.384. The molecule has 0 unspecified atom stereocenters. The zero-order valence-corrected chi connectivity index (χ0v) is 15.7. The highest BCUT2D eigenvalue weighted by molar-refractivity contribution is 5.95. The predicted octanol–water partition coefficient (Wildman–Crippen LogP) is 3.18. The number of hydrogen-bond donors (Lipinski definition) is 0. The summed E-state index contributed by atoms with van der Waals surface area (Å²) in [5.74, 6) is 1.05. The Balaban J connectivity index is 1.53. The Bertz CT molecular complexity index is 1060. The minimum absolute atomic E-state index is 0.0389. The van der Waals surface area contributed by atoms with Gasteiger partial charge < -0.3 is 14.2 Å². The van der Waals surface area contributed by atoms with Crippen LogP contribution in [-0.2, 0) is 17.6 Å². The summed E-state index contributed by atoms with van der Waals surface area (Å²) in [6, 6.07) is 11.8. The van der Waals surface area contributed by atoms with Gasteiger partial charge in [0, 0.05) is 24.2 Å². The Hall–Kier alpha value is -3.75. The van der Waals surface area contributed by atoms with E-state index in [1.807, 2.05) is 0 Å². The third-order valence-electron chi connectivity index (χ3n) is 4.82. The number of nitrogens with zero attached hydrogens (tertiary/aromatic N) is 4. The molecule has 2 aromatic carbocycles. The smallest absolute Gasteiger partial charge is 0.271 e. The summed E-state index contributed by atoms with van der Waals surface area (Å²) in [5, 5.41) is 15.0. The van der Waals surface area contributed by atoms with Crippen LogP contribution in [0.2, 0.25) is 0 Å². The molecule has 148 valence electrons. The average Bonchev–Trinajstić information content (AvgIpc) is 3.21. The fraction of sp³-hybridized carbons (Fsp3) is 0.250. The maximum Gasteiger partial charge on any atom is 0.271 e. The number of non-ortho nitro benzene ring substituents is 1. The molecule has 9 nitrogen and oxygen atoms in total. The zero-order chi connectivity index (χ0) is 20.4. The van der Waals surface area contributed by atoms with Crippen LogP contribution < -0.4 is 9.64 Å². The highest BCUT2D eigenvalue weighted by Crippen LogP contribution is 2.31. The first-order valence-electron chi connectivity index (χ1n) is 9.10. The molecule has 1 amide bonds. The van der Waals surface area contributed by atoms with Crippen LogP contribution >= 0.6 is 0 Å². The summed E-state index contributed by atoms with van der Waals surface area (Å²) >= 11 is 0. The van der Waals surface area contributed by atoms with E-state index in [0.29, 0.717) is 23.8 Å². The van der Waals surface area contributed by atoms with Crippen molar-refractivity contribution in [3.8, 4) is 17.1 Å². The molecular weight excluding hydrogens is 376 g/mol. The van der Waals surface area contributed by atoms with Crippen LogP contribution in [0.5, 0.6) is 5.75 Å². The zero-order valence-electron chi connectivity index (χ0n) is 15.7. The van der Waals surface area contributed by atoms with Gasteiger partial charge >= 0.3 is 0 Å². The summed E-state index contributed by atoms with van der Waals surface area (Å²) < 4.78 is 10.4. The molecule has 4 rings (SSSR count). The maximum atomic E-state index is 12.9. The maximum absolute atomic E-state index is 12.9. The van der Waals surface area contributed by atoms with Gasteiger partial charge in [0.1, 0.15) is 12.2 Å². The van der Waals surface area contributed by atoms with Gasteiger partial charge in [-0.2, -0.15) is 4.98 Å². The first-order chi connectivity index (χ1) is 14.0. The Morgan fingerprint density at radius 2 is 2.07 bits per heavy atom. The molecule has 0 saturated carbocycles. The summed E-state index contributed by atoms with van der Waals surface area (Å²) in [4.78, 5) is 29.3. The van der Waals surface area contributed by atoms with Crippen LogP contribution in [0.15, 0.2) is 47.0 Å². The van der Waals surface area contributed by atoms with Gasteiger partial charge in [-0.25, -0.2) is 0 Å². The van der Waals surface area contributed by atoms with E-state index in [1.165, 1.54) is 12.1 Å². The number of methoxy groups -OCH3 is 1. The molecule has 0 atom stereocenters. The number of aryl methyl sites for hydroxylation is 1. The van der Waals surface area contributed by atoms with E-state index in [4.69, 9.17) is 9.26 Å². The number of anilines is 1. The standard InChI is InChI=1S/C20H18N4O5/c1-28-16-8-5-14(6-9-16)20-21-18(29-22-20)12-19(25)23-10-2-3-13-4-7-15(24(26)27)11-17(13)23/h4-9,11H,2-3,10,12H2,1H3. The molecule has 1 aliphatic rings. The number of benzene rings is 2. The Morgan fingerprint density at radius 3 is 2.79 bits per heavy atom. The summed E-state index contributed by atoms with van der Waals surface area (Å²) in [6.45, 7) is 0.493. The molecule has 0 bridgehead atoms. The van der Waals surface area contributed by atoms with Crippen molar-refractivity contribution in [2.45, 2.75) is 19.3 Å². The van der Waals surface area contributed by atoms with Gasteiger partial charge in [-0.3, -0.25) is 14.9 Å². The third kappa shape index (κ3) is 3.79. The van der Waals surface area contributed by atoms with Crippen molar-refractivity contribution < 1.29 is 19.0 Å². The Labute approximate surface area is 166 Å². The van der Waals surface area contributed by atoms with E-state index in [2.05, 4.69) is 10.1 Å². The van der Waals surface area contributed by atoms with E-state index >= 15 is 0 Å². The van der Waals surface area contributed by atoms with Gasteiger partial charge in [0.05, 0.1) is 17.7 Å². The van der Waals surface area contributed by atoms with Gasteiger partial charge in [-0.15, -0.1) is 0 Å². The monoisotopic (exact) mass is 394 g/mol. The number of fused-ring (bicyclic) bond motifs is 1. The molecule has 2 heterocycles. The second-order valence-electron chi connectivity index (χ2n) is 6.64. The lowest BCUT2D eigenvalue weighted by Crippen LogP contribution is -2.36. The number of rotatable bonds is 5. The minimum Gasteiger partial charge on any atom is -0.497 e. The van der Waals surface area contributed by atoms with Crippen molar-refractivity contribution in [3.05, 3.63) is 64.0 Å². The largest absolute Gasteiger partial charge is 0.497 e. The number of ether oxygens (including phenoxy) is 1. The number of carbonyl (C=O) groups excluding carboxylic acids is 1. The summed E-state index contributed by atoms with van der Waals surface area (Å²) in [7, 11) is 1.58. The third-order valence-corrected chi connectivity index (χ3v) is 4.82. The highest BCUT2D eigenvalue weighted by Gasteiger charge is 2.26. The number of aromatic nitrogens is 2. The van der Waals surface area contributed by atoms with E-state index in [-0.39, 0.29) is 23.9 Å². The van der Waals surface area contributed by atoms with Crippen molar-refractivity contribution in [3.63, 3.8) is 0 Å². The average molecular weight is 394 g/mol. The fourth-order valence-corrected chi connectivity index (χ4v) is 3.34. The molecule has 0 radical (unpaired) electrons. The minimum atomic E-state index is -0.462. The van der Waals surface area contributed by atoms with Gasteiger partial charge in [0.25, 0.3) is 5.69 Å². The van der Waals surface area contributed by atoms with E-state index in [9.17, 15) is 14.9 Å². The van der Waals surface area contributed by atoms with Crippen molar-refractivity contribution in [2.24, 2.45) is 0 Å². The molecule has 9 heteroatoms. The molecule has 0 N–H and O–H groups in total. The molecule has 0 saturated heterocycles. The van der Waals surface area contributed by atoms with E-state index in [1.54, 1.807) is 42.3 Å². The van der Waals surface area contributed by atoms with Crippen LogP contribution in [0.1, 0.15) is 17.9 Å². The molecule has 0 fully saturated rings. The van der Waals surface area contributed by atoms with Gasteiger partial charge in [0.2, 0.25) is 17.6 Å². The van der Waals surface area contributed by atoms with Crippen LogP contribution in [0.25, 0.3) is 11.4 Å². The van der Waals surface area contributed by atoms with Crippen molar-refractivity contribution in [1.29, 1.82) is 0 Å². The molecule has 29 heavy (non-hydrogen) atoms. The quantitative estimate of drug-likeness (QED) is 0.482. The molecule has 1 aliphatic heterocycles.